The lowest BCUT2D eigenvalue weighted by Crippen LogP contribution is -1.98. The summed E-state index contributed by atoms with van der Waals surface area (Å²) in [7, 11) is 0. The third-order valence-electron chi connectivity index (χ3n) is 2.87. The van der Waals surface area contributed by atoms with Crippen LogP contribution in [0.3, 0.4) is 0 Å². The Hall–Kier alpha value is -1.29. The Balaban J connectivity index is 1.99. The molecule has 20 heavy (non-hydrogen) atoms. The largest absolute Gasteiger partial charge is 0.452 e. The fourth-order valence-corrected chi connectivity index (χ4v) is 2.58. The van der Waals surface area contributed by atoms with E-state index in [-0.39, 0.29) is 11.5 Å². The Bertz CT molecular complexity index is 754. The topological polar surface area (TPSA) is 26.3 Å². The number of hydrogen-bond donors (Lipinski definition) is 0. The highest BCUT2D eigenvalue weighted by atomic mass is 79.9. The van der Waals surface area contributed by atoms with Crippen LogP contribution in [0.15, 0.2) is 46.6 Å². The zero-order valence-electron chi connectivity index (χ0n) is 9.99. The van der Waals surface area contributed by atoms with E-state index in [1.165, 1.54) is 0 Å². The highest BCUT2D eigenvalue weighted by Crippen LogP contribution is 2.34. The van der Waals surface area contributed by atoms with Crippen LogP contribution in [0, 0.1) is 0 Å². The molecule has 0 bridgehead atoms. The van der Waals surface area contributed by atoms with Crippen LogP contribution in [-0.2, 0) is 0 Å². The zero-order valence-corrected chi connectivity index (χ0v) is 13.1. The molecule has 2 aromatic carbocycles. The summed E-state index contributed by atoms with van der Waals surface area (Å²) < 4.78 is 6.40. The predicted molar refractivity (Wildman–Crippen MR) is 83.5 cm³/mol. The van der Waals surface area contributed by atoms with Crippen LogP contribution in [-0.4, -0.2) is 5.78 Å². The van der Waals surface area contributed by atoms with Gasteiger partial charge in [-0.25, -0.2) is 0 Å². The smallest absolute Gasteiger partial charge is 0.232 e. The summed E-state index contributed by atoms with van der Waals surface area (Å²) >= 11 is 15.2. The lowest BCUT2D eigenvalue weighted by atomic mass is 10.1. The number of benzene rings is 2. The van der Waals surface area contributed by atoms with E-state index in [1.807, 2.05) is 6.07 Å². The summed E-state index contributed by atoms with van der Waals surface area (Å²) in [6, 6.07) is 10.5. The molecule has 0 aliphatic carbocycles. The lowest BCUT2D eigenvalue weighted by molar-refractivity contribution is 0.101. The van der Waals surface area contributed by atoms with E-state index in [1.54, 1.807) is 36.4 Å². The first-order valence-corrected chi connectivity index (χ1v) is 7.28. The molecule has 1 aliphatic heterocycles. The van der Waals surface area contributed by atoms with Crippen molar-refractivity contribution >= 4 is 51.0 Å². The summed E-state index contributed by atoms with van der Waals surface area (Å²) in [6.07, 6.45) is 1.65. The van der Waals surface area contributed by atoms with Gasteiger partial charge < -0.3 is 4.74 Å². The van der Waals surface area contributed by atoms with Crippen molar-refractivity contribution in [1.29, 1.82) is 0 Å². The highest BCUT2D eigenvalue weighted by molar-refractivity contribution is 9.10. The standard InChI is InChI=1S/C15H7BrCl2O2/c16-9-2-4-13-10(7-9)15(19)14(20-13)6-8-1-3-11(17)12(18)5-8/h1-7H/b14-6-. The molecule has 0 amide bonds. The number of ketones is 1. The average Bonchev–Trinajstić information content (AvgIpc) is 2.71. The van der Waals surface area contributed by atoms with Crippen molar-refractivity contribution in [2.45, 2.75) is 0 Å². The monoisotopic (exact) mass is 368 g/mol. The van der Waals surface area contributed by atoms with E-state index < -0.39 is 0 Å². The second-order valence-corrected chi connectivity index (χ2v) is 5.98. The van der Waals surface area contributed by atoms with Gasteiger partial charge in [0, 0.05) is 4.47 Å². The van der Waals surface area contributed by atoms with E-state index >= 15 is 0 Å². The maximum absolute atomic E-state index is 12.2. The second kappa shape index (κ2) is 5.24. The summed E-state index contributed by atoms with van der Waals surface area (Å²) in [4.78, 5) is 12.2. The van der Waals surface area contributed by atoms with Gasteiger partial charge in [-0.15, -0.1) is 0 Å². The first-order valence-electron chi connectivity index (χ1n) is 5.73. The van der Waals surface area contributed by atoms with Gasteiger partial charge in [0.25, 0.3) is 0 Å². The van der Waals surface area contributed by atoms with Crippen LogP contribution >= 0.6 is 39.1 Å². The first kappa shape index (κ1) is 13.7. The molecular formula is C15H7BrCl2O2. The maximum Gasteiger partial charge on any atom is 0.232 e. The van der Waals surface area contributed by atoms with E-state index in [0.29, 0.717) is 21.4 Å². The van der Waals surface area contributed by atoms with E-state index in [0.717, 1.165) is 10.0 Å². The molecule has 2 nitrogen and oxygen atoms in total. The molecule has 0 radical (unpaired) electrons. The van der Waals surface area contributed by atoms with Crippen molar-refractivity contribution in [3.05, 3.63) is 67.8 Å². The molecule has 1 heterocycles. The van der Waals surface area contributed by atoms with Crippen molar-refractivity contribution in [3.8, 4) is 5.75 Å². The first-order chi connectivity index (χ1) is 9.54. The van der Waals surface area contributed by atoms with Crippen LogP contribution in [0.5, 0.6) is 5.75 Å². The molecule has 0 atom stereocenters. The SMILES string of the molecule is O=C1/C(=C/c2ccc(Cl)c(Cl)c2)Oc2ccc(Br)cc21. The Morgan fingerprint density at radius 2 is 1.85 bits per heavy atom. The molecule has 0 fully saturated rings. The van der Waals surface area contributed by atoms with Crippen LogP contribution in [0.2, 0.25) is 10.0 Å². The normalized spacial score (nSPS) is 15.3. The molecule has 0 N–H and O–H groups in total. The van der Waals surface area contributed by atoms with Crippen molar-refractivity contribution in [2.75, 3.05) is 0 Å². The minimum atomic E-state index is -0.146. The summed E-state index contributed by atoms with van der Waals surface area (Å²) in [5, 5.41) is 0.909. The van der Waals surface area contributed by atoms with Crippen molar-refractivity contribution in [2.24, 2.45) is 0 Å². The Labute approximate surface area is 134 Å². The van der Waals surface area contributed by atoms with E-state index in [9.17, 15) is 4.79 Å². The fraction of sp³-hybridized carbons (Fsp3) is 0. The number of carbonyl (C=O) groups excluding carboxylic acids is 1. The summed E-state index contributed by atoms with van der Waals surface area (Å²) in [5.41, 5.74) is 1.31. The fourth-order valence-electron chi connectivity index (χ4n) is 1.91. The van der Waals surface area contributed by atoms with Crippen LogP contribution in [0.25, 0.3) is 6.08 Å². The molecule has 0 aromatic heterocycles. The van der Waals surface area contributed by atoms with Crippen LogP contribution in [0.4, 0.5) is 0 Å². The predicted octanol–water partition coefficient (Wildman–Crippen LogP) is 5.37. The Morgan fingerprint density at radius 3 is 2.60 bits per heavy atom. The van der Waals surface area contributed by atoms with Crippen molar-refractivity contribution < 1.29 is 9.53 Å². The number of Topliss-reactive ketones (excluding diaryl/α,β-unsaturated/α-hetero) is 1. The number of ether oxygens (including phenoxy) is 1. The minimum absolute atomic E-state index is 0.146. The number of allylic oxidation sites excluding steroid dienone is 1. The molecule has 0 spiro atoms. The molecule has 2 aromatic rings. The van der Waals surface area contributed by atoms with Crippen LogP contribution < -0.4 is 4.74 Å². The summed E-state index contributed by atoms with van der Waals surface area (Å²) in [6.45, 7) is 0. The van der Waals surface area contributed by atoms with Crippen molar-refractivity contribution in [1.82, 2.24) is 0 Å². The van der Waals surface area contributed by atoms with Gasteiger partial charge >= 0.3 is 0 Å². The zero-order chi connectivity index (χ0) is 14.3. The average molecular weight is 370 g/mol. The molecule has 3 rings (SSSR count). The molecule has 5 heteroatoms. The quantitative estimate of drug-likeness (QED) is 0.631. The Morgan fingerprint density at radius 1 is 1.05 bits per heavy atom. The molecule has 100 valence electrons. The van der Waals surface area contributed by atoms with Gasteiger partial charge in [-0.1, -0.05) is 45.2 Å². The number of halogens is 3. The van der Waals surface area contributed by atoms with Gasteiger partial charge in [-0.3, -0.25) is 4.79 Å². The molecule has 0 saturated heterocycles. The molecule has 1 aliphatic rings. The van der Waals surface area contributed by atoms with E-state index in [4.69, 9.17) is 27.9 Å². The molecule has 0 saturated carbocycles. The van der Waals surface area contributed by atoms with Gasteiger partial charge in [0.05, 0.1) is 15.6 Å². The second-order valence-electron chi connectivity index (χ2n) is 4.25. The number of rotatable bonds is 1. The van der Waals surface area contributed by atoms with Gasteiger partial charge in [0.2, 0.25) is 5.78 Å². The van der Waals surface area contributed by atoms with Gasteiger partial charge in [0.1, 0.15) is 5.75 Å². The van der Waals surface area contributed by atoms with Crippen molar-refractivity contribution in [3.63, 3.8) is 0 Å². The lowest BCUT2D eigenvalue weighted by Gasteiger charge is -2.00. The number of carbonyl (C=O) groups is 1. The van der Waals surface area contributed by atoms with E-state index in [2.05, 4.69) is 15.9 Å². The van der Waals surface area contributed by atoms with Gasteiger partial charge in [-0.2, -0.15) is 0 Å². The van der Waals surface area contributed by atoms with Gasteiger partial charge in [0.15, 0.2) is 5.76 Å². The van der Waals surface area contributed by atoms with Gasteiger partial charge in [-0.05, 0) is 42.0 Å². The molecule has 0 unspecified atom stereocenters. The number of hydrogen-bond acceptors (Lipinski definition) is 2. The third kappa shape index (κ3) is 2.49. The molecular weight excluding hydrogens is 363 g/mol. The minimum Gasteiger partial charge on any atom is -0.452 e. The summed E-state index contributed by atoms with van der Waals surface area (Å²) in [5.74, 6) is 0.688. The maximum atomic E-state index is 12.2. The number of fused-ring (bicyclic) bond motifs is 1. The Kier molecular flexibility index (Phi) is 3.59. The highest BCUT2D eigenvalue weighted by Gasteiger charge is 2.27. The van der Waals surface area contributed by atoms with Crippen LogP contribution in [0.1, 0.15) is 15.9 Å². The third-order valence-corrected chi connectivity index (χ3v) is 4.10.